The average molecular weight is 266 g/mol. The van der Waals surface area contributed by atoms with E-state index in [9.17, 15) is 4.79 Å². The molecule has 0 bridgehead atoms. The molecule has 0 saturated carbocycles. The van der Waals surface area contributed by atoms with Gasteiger partial charge in [-0.05, 0) is 25.3 Å². The van der Waals surface area contributed by atoms with Crippen LogP contribution >= 0.6 is 0 Å². The summed E-state index contributed by atoms with van der Waals surface area (Å²) in [6, 6.07) is 2.04. The summed E-state index contributed by atoms with van der Waals surface area (Å²) in [4.78, 5) is 10.3. The fraction of sp³-hybridized carbons (Fsp3) is 0.733. The highest BCUT2D eigenvalue weighted by molar-refractivity contribution is 5.66. The Morgan fingerprint density at radius 3 is 2.11 bits per heavy atom. The van der Waals surface area contributed by atoms with Crippen molar-refractivity contribution < 1.29 is 9.90 Å². The fourth-order valence-corrected chi connectivity index (χ4v) is 2.25. The predicted molar refractivity (Wildman–Crippen MR) is 76.1 cm³/mol. The predicted octanol–water partition coefficient (Wildman–Crippen LogP) is 3.94. The maximum absolute atomic E-state index is 10.3. The van der Waals surface area contributed by atoms with Gasteiger partial charge in [0.15, 0.2) is 0 Å². The van der Waals surface area contributed by atoms with Crippen molar-refractivity contribution in [2.75, 3.05) is 0 Å². The fourth-order valence-electron chi connectivity index (χ4n) is 2.25. The van der Waals surface area contributed by atoms with E-state index in [4.69, 9.17) is 5.11 Å². The molecule has 0 unspecified atom stereocenters. The van der Waals surface area contributed by atoms with Crippen LogP contribution in [0.3, 0.4) is 0 Å². The first-order valence-electron chi connectivity index (χ1n) is 7.49. The van der Waals surface area contributed by atoms with Crippen LogP contribution in [0.1, 0.15) is 69.9 Å². The number of nitrogens with one attached hydrogen (secondary N) is 1. The van der Waals surface area contributed by atoms with Gasteiger partial charge in [-0.25, -0.2) is 0 Å². The Hall–Kier alpha value is -1.32. The molecule has 0 amide bonds. The molecule has 108 valence electrons. The maximum Gasteiger partial charge on any atom is 0.303 e. The van der Waals surface area contributed by atoms with Crippen molar-refractivity contribution in [2.24, 2.45) is 0 Å². The number of carboxylic acids is 1. The van der Waals surface area contributed by atoms with Gasteiger partial charge in [0.25, 0.3) is 0 Å². The molecular formula is C15H26N2O2. The van der Waals surface area contributed by atoms with Gasteiger partial charge in [-0.15, -0.1) is 0 Å². The van der Waals surface area contributed by atoms with Crippen LogP contribution in [0.4, 0.5) is 0 Å². The van der Waals surface area contributed by atoms with Crippen LogP contribution in [0.15, 0.2) is 12.3 Å². The summed E-state index contributed by atoms with van der Waals surface area (Å²) in [6.07, 6.45) is 14.0. The Kier molecular flexibility index (Phi) is 8.77. The third-order valence-corrected chi connectivity index (χ3v) is 3.40. The van der Waals surface area contributed by atoms with Crippen LogP contribution in [-0.4, -0.2) is 21.3 Å². The van der Waals surface area contributed by atoms with E-state index >= 15 is 0 Å². The number of carbonyl (C=O) groups is 1. The topological polar surface area (TPSA) is 66.0 Å². The second kappa shape index (κ2) is 10.6. The van der Waals surface area contributed by atoms with Crippen LogP contribution in [0.2, 0.25) is 0 Å². The van der Waals surface area contributed by atoms with Gasteiger partial charge in [0, 0.05) is 18.3 Å². The quantitative estimate of drug-likeness (QED) is 0.563. The molecule has 0 aliphatic heterocycles. The van der Waals surface area contributed by atoms with Crippen molar-refractivity contribution in [1.29, 1.82) is 0 Å². The molecule has 4 heteroatoms. The zero-order valence-electron chi connectivity index (χ0n) is 11.7. The van der Waals surface area contributed by atoms with Crippen molar-refractivity contribution >= 4 is 5.97 Å². The molecule has 1 aromatic heterocycles. The summed E-state index contributed by atoms with van der Waals surface area (Å²) in [5.74, 6) is -0.669. The summed E-state index contributed by atoms with van der Waals surface area (Å²) >= 11 is 0. The molecule has 1 aromatic rings. The largest absolute Gasteiger partial charge is 0.481 e. The van der Waals surface area contributed by atoms with E-state index in [0.29, 0.717) is 6.42 Å². The zero-order chi connectivity index (χ0) is 13.8. The lowest BCUT2D eigenvalue weighted by Crippen LogP contribution is -1.93. The minimum absolute atomic E-state index is 0.327. The molecule has 19 heavy (non-hydrogen) atoms. The second-order valence-electron chi connectivity index (χ2n) is 5.16. The number of carboxylic acid groups (broad SMARTS) is 1. The number of hydrogen-bond donors (Lipinski definition) is 2. The maximum atomic E-state index is 10.3. The van der Waals surface area contributed by atoms with E-state index in [2.05, 4.69) is 10.2 Å². The van der Waals surface area contributed by atoms with Gasteiger partial charge in [0.05, 0.1) is 0 Å². The molecule has 4 nitrogen and oxygen atoms in total. The average Bonchev–Trinajstić information content (AvgIpc) is 2.88. The molecule has 0 aliphatic rings. The molecule has 0 fully saturated rings. The lowest BCUT2D eigenvalue weighted by Gasteiger charge is -2.01. The molecule has 0 saturated heterocycles. The lowest BCUT2D eigenvalue weighted by molar-refractivity contribution is -0.137. The summed E-state index contributed by atoms with van der Waals surface area (Å²) < 4.78 is 0. The Morgan fingerprint density at radius 1 is 1.00 bits per heavy atom. The number of aryl methyl sites for hydroxylation is 1. The highest BCUT2D eigenvalue weighted by Gasteiger charge is 1.97. The first kappa shape index (κ1) is 15.7. The normalized spacial score (nSPS) is 10.7. The van der Waals surface area contributed by atoms with E-state index in [-0.39, 0.29) is 0 Å². The van der Waals surface area contributed by atoms with Crippen LogP contribution in [0.25, 0.3) is 0 Å². The van der Waals surface area contributed by atoms with Gasteiger partial charge < -0.3 is 5.11 Å². The zero-order valence-corrected chi connectivity index (χ0v) is 11.7. The highest BCUT2D eigenvalue weighted by atomic mass is 16.4. The van der Waals surface area contributed by atoms with Crippen LogP contribution in [0, 0.1) is 0 Å². The van der Waals surface area contributed by atoms with Gasteiger partial charge in [0.2, 0.25) is 0 Å². The van der Waals surface area contributed by atoms with E-state index < -0.39 is 5.97 Å². The summed E-state index contributed by atoms with van der Waals surface area (Å²) in [6.45, 7) is 0. The van der Waals surface area contributed by atoms with Crippen LogP contribution < -0.4 is 0 Å². The van der Waals surface area contributed by atoms with E-state index in [1.165, 1.54) is 50.6 Å². The van der Waals surface area contributed by atoms with Crippen molar-refractivity contribution in [3.8, 4) is 0 Å². The smallest absolute Gasteiger partial charge is 0.303 e. The Morgan fingerprint density at radius 2 is 1.58 bits per heavy atom. The number of aromatic amines is 1. The first-order valence-corrected chi connectivity index (χ1v) is 7.49. The molecule has 0 aromatic carbocycles. The Balaban J connectivity index is 1.75. The Bertz CT molecular complexity index is 323. The molecule has 2 N–H and O–H groups in total. The van der Waals surface area contributed by atoms with E-state index in [1.54, 1.807) is 6.20 Å². The number of aliphatic carboxylic acids is 1. The first-order chi connectivity index (χ1) is 9.29. The summed E-state index contributed by atoms with van der Waals surface area (Å²) in [5, 5.41) is 15.4. The van der Waals surface area contributed by atoms with Gasteiger partial charge in [0.1, 0.15) is 0 Å². The van der Waals surface area contributed by atoms with Gasteiger partial charge in [-0.1, -0.05) is 44.9 Å². The summed E-state index contributed by atoms with van der Waals surface area (Å²) in [5.41, 5.74) is 1.23. The molecular weight excluding hydrogens is 240 g/mol. The number of hydrogen-bond acceptors (Lipinski definition) is 2. The number of rotatable bonds is 12. The van der Waals surface area contributed by atoms with Crippen LogP contribution in [0.5, 0.6) is 0 Å². The monoisotopic (exact) mass is 266 g/mol. The lowest BCUT2D eigenvalue weighted by atomic mass is 10.1. The highest BCUT2D eigenvalue weighted by Crippen LogP contribution is 2.11. The third-order valence-electron chi connectivity index (χ3n) is 3.40. The minimum Gasteiger partial charge on any atom is -0.481 e. The van der Waals surface area contributed by atoms with Crippen molar-refractivity contribution in [2.45, 2.75) is 70.6 Å². The molecule has 0 radical (unpaired) electrons. The standard InChI is InChI=1S/C15H26N2O2/c18-15(19)11-9-7-5-3-1-2-4-6-8-10-14-12-13-16-17-14/h12-13H,1-11H2,(H,16,17)(H,18,19). The number of aromatic nitrogens is 2. The third kappa shape index (κ3) is 9.28. The van der Waals surface area contributed by atoms with Gasteiger partial charge in [-0.2, -0.15) is 5.10 Å². The van der Waals surface area contributed by atoms with E-state index in [1.807, 2.05) is 6.07 Å². The van der Waals surface area contributed by atoms with Crippen molar-refractivity contribution in [3.63, 3.8) is 0 Å². The minimum atomic E-state index is -0.669. The number of unbranched alkanes of at least 4 members (excludes halogenated alkanes) is 8. The SMILES string of the molecule is O=C(O)CCCCCCCCCCCc1ccn[nH]1. The number of H-pyrrole nitrogens is 1. The molecule has 0 atom stereocenters. The van der Waals surface area contributed by atoms with E-state index in [0.717, 1.165) is 19.3 Å². The summed E-state index contributed by atoms with van der Waals surface area (Å²) in [7, 11) is 0. The van der Waals surface area contributed by atoms with Gasteiger partial charge >= 0.3 is 5.97 Å². The van der Waals surface area contributed by atoms with Crippen molar-refractivity contribution in [1.82, 2.24) is 10.2 Å². The van der Waals surface area contributed by atoms with Crippen molar-refractivity contribution in [3.05, 3.63) is 18.0 Å². The molecule has 0 aliphatic carbocycles. The van der Waals surface area contributed by atoms with Crippen LogP contribution in [-0.2, 0) is 11.2 Å². The second-order valence-corrected chi connectivity index (χ2v) is 5.16. The Labute approximate surface area is 115 Å². The molecule has 0 spiro atoms. The van der Waals surface area contributed by atoms with Gasteiger partial charge in [-0.3, -0.25) is 9.89 Å². The molecule has 1 heterocycles. The molecule has 1 rings (SSSR count). The number of nitrogens with zero attached hydrogens (tertiary/aromatic N) is 1.